The van der Waals surface area contributed by atoms with Gasteiger partial charge in [-0.2, -0.15) is 0 Å². The zero-order valence-electron chi connectivity index (χ0n) is 10.6. The molecule has 1 aliphatic rings. The van der Waals surface area contributed by atoms with E-state index in [0.717, 1.165) is 19.3 Å². The van der Waals surface area contributed by atoms with Crippen molar-refractivity contribution in [2.24, 2.45) is 11.8 Å². The SMILES string of the molecule is O=C(NCC1CCCC1CO)c1ccc(O)c(Cl)c1. The molecule has 2 atom stereocenters. The van der Waals surface area contributed by atoms with Gasteiger partial charge in [0.05, 0.1) is 5.02 Å². The van der Waals surface area contributed by atoms with Gasteiger partial charge >= 0.3 is 0 Å². The number of nitrogens with one attached hydrogen (secondary N) is 1. The van der Waals surface area contributed by atoms with Crippen LogP contribution in [0.15, 0.2) is 18.2 Å². The molecule has 1 aliphatic carbocycles. The van der Waals surface area contributed by atoms with Crippen molar-refractivity contribution in [2.75, 3.05) is 13.2 Å². The number of amides is 1. The molecule has 0 radical (unpaired) electrons. The average molecular weight is 284 g/mol. The molecule has 4 nitrogen and oxygen atoms in total. The number of benzene rings is 1. The van der Waals surface area contributed by atoms with E-state index < -0.39 is 0 Å². The Morgan fingerprint density at radius 3 is 2.79 bits per heavy atom. The van der Waals surface area contributed by atoms with Gasteiger partial charge in [0.1, 0.15) is 5.75 Å². The monoisotopic (exact) mass is 283 g/mol. The molecule has 1 saturated carbocycles. The van der Waals surface area contributed by atoms with Crippen LogP contribution >= 0.6 is 11.6 Å². The van der Waals surface area contributed by atoms with E-state index in [4.69, 9.17) is 11.6 Å². The van der Waals surface area contributed by atoms with E-state index in [1.165, 1.54) is 18.2 Å². The number of aliphatic hydroxyl groups is 1. The number of hydrogen-bond donors (Lipinski definition) is 3. The minimum atomic E-state index is -0.203. The standard InChI is InChI=1S/C14H18ClNO3/c15-12-6-9(4-5-13(12)18)14(19)16-7-10-2-1-3-11(10)8-17/h4-6,10-11,17-18H,1-3,7-8H2,(H,16,19). The summed E-state index contributed by atoms with van der Waals surface area (Å²) in [7, 11) is 0. The summed E-state index contributed by atoms with van der Waals surface area (Å²) in [4.78, 5) is 11.9. The van der Waals surface area contributed by atoms with Crippen molar-refractivity contribution in [3.05, 3.63) is 28.8 Å². The summed E-state index contributed by atoms with van der Waals surface area (Å²) in [6.45, 7) is 0.758. The summed E-state index contributed by atoms with van der Waals surface area (Å²) in [5.74, 6) is 0.407. The van der Waals surface area contributed by atoms with Crippen LogP contribution in [0.2, 0.25) is 5.02 Å². The molecule has 2 unspecified atom stereocenters. The van der Waals surface area contributed by atoms with Crippen LogP contribution in [0.5, 0.6) is 5.75 Å². The third-order valence-electron chi connectivity index (χ3n) is 3.79. The van der Waals surface area contributed by atoms with Gasteiger partial charge in [-0.15, -0.1) is 0 Å². The Bertz CT molecular complexity index is 464. The summed E-state index contributed by atoms with van der Waals surface area (Å²) < 4.78 is 0. The van der Waals surface area contributed by atoms with Gasteiger partial charge in [-0.3, -0.25) is 4.79 Å². The highest BCUT2D eigenvalue weighted by Crippen LogP contribution is 2.30. The van der Waals surface area contributed by atoms with Crippen LogP contribution in [-0.4, -0.2) is 29.3 Å². The molecule has 1 fully saturated rings. The summed E-state index contributed by atoms with van der Waals surface area (Å²) >= 11 is 5.77. The first-order chi connectivity index (χ1) is 9.11. The van der Waals surface area contributed by atoms with Crippen molar-refractivity contribution in [1.29, 1.82) is 0 Å². The minimum Gasteiger partial charge on any atom is -0.506 e. The topological polar surface area (TPSA) is 69.6 Å². The van der Waals surface area contributed by atoms with Crippen LogP contribution in [0.1, 0.15) is 29.6 Å². The number of hydrogen-bond acceptors (Lipinski definition) is 3. The van der Waals surface area contributed by atoms with E-state index in [-0.39, 0.29) is 23.3 Å². The summed E-state index contributed by atoms with van der Waals surface area (Å²) in [5, 5.41) is 21.6. The van der Waals surface area contributed by atoms with Crippen LogP contribution < -0.4 is 5.32 Å². The third kappa shape index (κ3) is 3.39. The minimum absolute atomic E-state index is 0.0330. The van der Waals surface area contributed by atoms with Crippen molar-refractivity contribution in [3.63, 3.8) is 0 Å². The zero-order valence-corrected chi connectivity index (χ0v) is 11.4. The molecule has 19 heavy (non-hydrogen) atoms. The highest BCUT2D eigenvalue weighted by atomic mass is 35.5. The predicted molar refractivity (Wildman–Crippen MR) is 73.4 cm³/mol. The number of halogens is 1. The number of rotatable bonds is 4. The lowest BCUT2D eigenvalue weighted by molar-refractivity contribution is 0.0937. The molecule has 0 aliphatic heterocycles. The van der Waals surface area contributed by atoms with E-state index in [9.17, 15) is 15.0 Å². The van der Waals surface area contributed by atoms with Gasteiger partial charge in [0.25, 0.3) is 5.91 Å². The number of aromatic hydroxyl groups is 1. The maximum atomic E-state index is 11.9. The van der Waals surface area contributed by atoms with Crippen LogP contribution in [0.25, 0.3) is 0 Å². The number of carbonyl (C=O) groups is 1. The van der Waals surface area contributed by atoms with E-state index in [1.807, 2.05) is 0 Å². The van der Waals surface area contributed by atoms with E-state index >= 15 is 0 Å². The second kappa shape index (κ2) is 6.26. The molecule has 0 bridgehead atoms. The van der Waals surface area contributed by atoms with Crippen molar-refractivity contribution in [1.82, 2.24) is 5.32 Å². The van der Waals surface area contributed by atoms with E-state index in [2.05, 4.69) is 5.32 Å². The van der Waals surface area contributed by atoms with Gasteiger partial charge in [0, 0.05) is 18.7 Å². The Kier molecular flexibility index (Phi) is 4.66. The molecule has 2 rings (SSSR count). The Hall–Kier alpha value is -1.26. The van der Waals surface area contributed by atoms with Gasteiger partial charge in [-0.1, -0.05) is 18.0 Å². The van der Waals surface area contributed by atoms with Crippen LogP contribution in [0.3, 0.4) is 0 Å². The highest BCUT2D eigenvalue weighted by molar-refractivity contribution is 6.32. The van der Waals surface area contributed by atoms with Gasteiger partial charge < -0.3 is 15.5 Å². The fraction of sp³-hybridized carbons (Fsp3) is 0.500. The smallest absolute Gasteiger partial charge is 0.251 e. The predicted octanol–water partition coefficient (Wildman–Crippen LogP) is 2.18. The normalized spacial score (nSPS) is 22.4. The molecule has 1 aromatic rings. The lowest BCUT2D eigenvalue weighted by Crippen LogP contribution is -2.31. The molecular weight excluding hydrogens is 266 g/mol. The molecule has 1 amide bonds. The second-order valence-corrected chi connectivity index (χ2v) is 5.42. The molecule has 1 aromatic carbocycles. The maximum absolute atomic E-state index is 11.9. The number of aliphatic hydroxyl groups excluding tert-OH is 1. The number of phenols is 1. The zero-order chi connectivity index (χ0) is 13.8. The quantitative estimate of drug-likeness (QED) is 0.793. The van der Waals surface area contributed by atoms with E-state index in [0.29, 0.717) is 23.9 Å². The van der Waals surface area contributed by atoms with E-state index in [1.54, 1.807) is 0 Å². The van der Waals surface area contributed by atoms with Gasteiger partial charge in [0.15, 0.2) is 0 Å². The van der Waals surface area contributed by atoms with Crippen molar-refractivity contribution in [3.8, 4) is 5.75 Å². The molecule has 0 heterocycles. The first-order valence-electron chi connectivity index (χ1n) is 6.49. The molecule has 0 aromatic heterocycles. The Morgan fingerprint density at radius 1 is 1.37 bits per heavy atom. The number of carbonyl (C=O) groups excluding carboxylic acids is 1. The first-order valence-corrected chi connectivity index (χ1v) is 6.87. The third-order valence-corrected chi connectivity index (χ3v) is 4.09. The molecule has 0 spiro atoms. The largest absolute Gasteiger partial charge is 0.506 e. The summed E-state index contributed by atoms with van der Waals surface area (Å²) in [5.41, 5.74) is 0.432. The van der Waals surface area contributed by atoms with Gasteiger partial charge in [-0.25, -0.2) is 0 Å². The summed E-state index contributed by atoms with van der Waals surface area (Å²) in [6.07, 6.45) is 3.18. The molecular formula is C14H18ClNO3. The highest BCUT2D eigenvalue weighted by Gasteiger charge is 2.26. The fourth-order valence-corrected chi connectivity index (χ4v) is 2.78. The van der Waals surface area contributed by atoms with Crippen molar-refractivity contribution < 1.29 is 15.0 Å². The number of phenolic OH excluding ortho intramolecular Hbond substituents is 1. The van der Waals surface area contributed by atoms with Crippen molar-refractivity contribution >= 4 is 17.5 Å². The maximum Gasteiger partial charge on any atom is 0.251 e. The molecule has 104 valence electrons. The molecule has 3 N–H and O–H groups in total. The molecule has 0 saturated heterocycles. The van der Waals surface area contributed by atoms with Crippen LogP contribution in [0, 0.1) is 11.8 Å². The van der Waals surface area contributed by atoms with Crippen molar-refractivity contribution in [2.45, 2.75) is 19.3 Å². The average Bonchev–Trinajstić information content (AvgIpc) is 2.86. The summed E-state index contributed by atoms with van der Waals surface area (Å²) in [6, 6.07) is 4.39. The van der Waals surface area contributed by atoms with Crippen LogP contribution in [0.4, 0.5) is 0 Å². The Balaban J connectivity index is 1.92. The Morgan fingerprint density at radius 2 is 2.11 bits per heavy atom. The lowest BCUT2D eigenvalue weighted by Gasteiger charge is -2.17. The first kappa shape index (κ1) is 14.2. The second-order valence-electron chi connectivity index (χ2n) is 5.01. The fourth-order valence-electron chi connectivity index (χ4n) is 2.60. The lowest BCUT2D eigenvalue weighted by atomic mass is 9.97. The Labute approximate surface area is 117 Å². The molecule has 5 heteroatoms. The van der Waals surface area contributed by atoms with Gasteiger partial charge in [-0.05, 0) is 42.9 Å². The van der Waals surface area contributed by atoms with Crippen LogP contribution in [-0.2, 0) is 0 Å². The van der Waals surface area contributed by atoms with Gasteiger partial charge in [0.2, 0.25) is 0 Å².